The molecule has 0 N–H and O–H groups in total. The zero-order valence-corrected chi connectivity index (χ0v) is 52.6. The maximum atomic E-state index is 12.8. The number of unbranched alkanes of at least 4 members (excludes halogenated alkanes) is 41. The van der Waals surface area contributed by atoms with Crippen LogP contribution >= 0.6 is 0 Å². The van der Waals surface area contributed by atoms with Crippen LogP contribution in [0, 0.1) is 0 Å². The van der Waals surface area contributed by atoms with Gasteiger partial charge >= 0.3 is 17.9 Å². The third-order valence-electron chi connectivity index (χ3n) is 15.2. The van der Waals surface area contributed by atoms with Crippen molar-refractivity contribution >= 4 is 17.9 Å². The van der Waals surface area contributed by atoms with E-state index < -0.39 is 12.1 Å². The standard InChI is InChI=1S/C73H130O6/c1-4-7-10-13-16-19-22-25-28-29-30-31-32-33-34-35-36-37-38-39-40-41-42-43-46-48-51-54-57-60-63-66-72(75)78-69-70(79-73(76)67-64-61-58-55-52-49-45-27-24-21-18-15-12-9-6-3)68-77-71(74)65-62-59-56-53-50-47-44-26-23-20-17-14-11-8-5-2/h9,12,18,21,27,29-30,45,52,55,61,64,70H,4-8,10-11,13-17,19-20,22-26,28,31-44,46-51,53-54,56-60,62-63,65-69H2,1-3H3/b12-9-,21-18-,30-29-,45-27-,55-52-,64-61-. The summed E-state index contributed by atoms with van der Waals surface area (Å²) in [7, 11) is 0. The predicted octanol–water partition coefficient (Wildman–Crippen LogP) is 23.7. The number of esters is 3. The molecule has 0 heterocycles. The first-order chi connectivity index (χ1) is 39.0. The van der Waals surface area contributed by atoms with Gasteiger partial charge in [-0.1, -0.05) is 338 Å². The van der Waals surface area contributed by atoms with Gasteiger partial charge < -0.3 is 14.2 Å². The van der Waals surface area contributed by atoms with Crippen molar-refractivity contribution in [2.24, 2.45) is 0 Å². The Morgan fingerprint density at radius 1 is 0.278 bits per heavy atom. The topological polar surface area (TPSA) is 78.9 Å². The summed E-state index contributed by atoms with van der Waals surface area (Å²) < 4.78 is 16.8. The van der Waals surface area contributed by atoms with Crippen molar-refractivity contribution in [2.75, 3.05) is 13.2 Å². The summed E-state index contributed by atoms with van der Waals surface area (Å²) in [6.45, 7) is 6.49. The largest absolute Gasteiger partial charge is 0.462 e. The number of allylic oxidation sites excluding steroid dienone is 11. The van der Waals surface area contributed by atoms with Gasteiger partial charge in [-0.2, -0.15) is 0 Å². The number of carbonyl (C=O) groups excluding carboxylic acids is 3. The lowest BCUT2D eigenvalue weighted by Gasteiger charge is -2.18. The van der Waals surface area contributed by atoms with E-state index in [1.165, 1.54) is 244 Å². The third-order valence-corrected chi connectivity index (χ3v) is 15.2. The van der Waals surface area contributed by atoms with Crippen LogP contribution in [0.4, 0.5) is 0 Å². The molecular weight excluding hydrogens is 973 g/mol. The van der Waals surface area contributed by atoms with Crippen LogP contribution in [0.15, 0.2) is 72.9 Å². The number of ether oxygens (including phenoxy) is 3. The molecule has 0 fully saturated rings. The number of carbonyl (C=O) groups is 3. The van der Waals surface area contributed by atoms with Crippen LogP contribution in [-0.2, 0) is 28.6 Å². The van der Waals surface area contributed by atoms with Gasteiger partial charge in [0.25, 0.3) is 0 Å². The molecule has 0 bridgehead atoms. The van der Waals surface area contributed by atoms with E-state index in [2.05, 4.69) is 81.5 Å². The minimum absolute atomic E-state index is 0.101. The van der Waals surface area contributed by atoms with Crippen molar-refractivity contribution in [1.29, 1.82) is 0 Å². The van der Waals surface area contributed by atoms with Crippen molar-refractivity contribution in [3.05, 3.63) is 72.9 Å². The van der Waals surface area contributed by atoms with Crippen LogP contribution in [-0.4, -0.2) is 37.2 Å². The molecule has 6 heteroatoms. The lowest BCUT2D eigenvalue weighted by Crippen LogP contribution is -2.30. The van der Waals surface area contributed by atoms with E-state index >= 15 is 0 Å². The summed E-state index contributed by atoms with van der Waals surface area (Å²) in [5.41, 5.74) is 0. The Morgan fingerprint density at radius 2 is 0.532 bits per heavy atom. The van der Waals surface area contributed by atoms with Gasteiger partial charge in [-0.3, -0.25) is 14.4 Å². The lowest BCUT2D eigenvalue weighted by molar-refractivity contribution is -0.166. The summed E-state index contributed by atoms with van der Waals surface area (Å²) in [6, 6.07) is 0. The molecule has 0 saturated heterocycles. The zero-order valence-electron chi connectivity index (χ0n) is 52.6. The first-order valence-corrected chi connectivity index (χ1v) is 34.4. The summed E-state index contributed by atoms with van der Waals surface area (Å²) in [4.78, 5) is 38.3. The van der Waals surface area contributed by atoms with Gasteiger partial charge in [-0.25, -0.2) is 0 Å². The molecule has 0 aromatic carbocycles. The van der Waals surface area contributed by atoms with Gasteiger partial charge in [-0.15, -0.1) is 0 Å². The lowest BCUT2D eigenvalue weighted by atomic mass is 10.0. The Labute approximate surface area is 491 Å². The van der Waals surface area contributed by atoms with Crippen molar-refractivity contribution < 1.29 is 28.6 Å². The van der Waals surface area contributed by atoms with E-state index in [0.29, 0.717) is 12.8 Å². The van der Waals surface area contributed by atoms with Gasteiger partial charge in [0, 0.05) is 12.8 Å². The van der Waals surface area contributed by atoms with Crippen molar-refractivity contribution in [3.63, 3.8) is 0 Å². The van der Waals surface area contributed by atoms with Gasteiger partial charge in [0.05, 0.1) is 6.42 Å². The molecule has 1 atom stereocenters. The fourth-order valence-electron chi connectivity index (χ4n) is 10.1. The molecule has 0 aliphatic carbocycles. The highest BCUT2D eigenvalue weighted by Crippen LogP contribution is 2.18. The van der Waals surface area contributed by atoms with E-state index in [4.69, 9.17) is 14.2 Å². The van der Waals surface area contributed by atoms with Crippen LogP contribution in [0.2, 0.25) is 0 Å². The highest BCUT2D eigenvalue weighted by atomic mass is 16.6. The molecule has 1 unspecified atom stereocenters. The predicted molar refractivity (Wildman–Crippen MR) is 344 cm³/mol. The van der Waals surface area contributed by atoms with E-state index in [-0.39, 0.29) is 31.6 Å². The molecular formula is C73H130O6. The molecule has 79 heavy (non-hydrogen) atoms. The molecule has 0 radical (unpaired) electrons. The van der Waals surface area contributed by atoms with E-state index in [0.717, 1.165) is 70.6 Å². The molecule has 0 saturated carbocycles. The van der Waals surface area contributed by atoms with Crippen LogP contribution in [0.3, 0.4) is 0 Å². The summed E-state index contributed by atoms with van der Waals surface area (Å²) in [5.74, 6) is -1.02. The SMILES string of the molecule is CC/C=C\C/C=C\C/C=C\C/C=C\C/C=C\CC(=O)OC(COC(=O)CCCCCCCCCCCCCCCCC)COC(=O)CCCCCCCCCCCCCCCCCCCCC/C=C\CCCCCCCCCC. The van der Waals surface area contributed by atoms with E-state index in [1.807, 2.05) is 6.08 Å². The first-order valence-electron chi connectivity index (χ1n) is 34.4. The van der Waals surface area contributed by atoms with Gasteiger partial charge in [0.2, 0.25) is 0 Å². The van der Waals surface area contributed by atoms with Crippen LogP contribution in [0.1, 0.15) is 355 Å². The van der Waals surface area contributed by atoms with E-state index in [1.54, 1.807) is 6.08 Å². The minimum atomic E-state index is -0.828. The monoisotopic (exact) mass is 1100 g/mol. The molecule has 0 aliphatic rings. The van der Waals surface area contributed by atoms with Crippen molar-refractivity contribution in [3.8, 4) is 0 Å². The fraction of sp³-hybridized carbons (Fsp3) is 0.795. The summed E-state index contributed by atoms with van der Waals surface area (Å²) in [5, 5.41) is 0. The average molecular weight is 1100 g/mol. The Bertz CT molecular complexity index is 1450. The van der Waals surface area contributed by atoms with Crippen LogP contribution in [0.5, 0.6) is 0 Å². The molecule has 6 nitrogen and oxygen atoms in total. The molecule has 0 aromatic rings. The second-order valence-corrected chi connectivity index (χ2v) is 23.1. The van der Waals surface area contributed by atoms with Crippen molar-refractivity contribution in [2.45, 2.75) is 361 Å². The molecule has 0 rings (SSSR count). The fourth-order valence-corrected chi connectivity index (χ4v) is 10.1. The molecule has 0 aromatic heterocycles. The quantitative estimate of drug-likeness (QED) is 0.0261. The highest BCUT2D eigenvalue weighted by molar-refractivity contribution is 5.72. The Kier molecular flexibility index (Phi) is 64.7. The third kappa shape index (κ3) is 65.5. The van der Waals surface area contributed by atoms with Crippen LogP contribution in [0.25, 0.3) is 0 Å². The minimum Gasteiger partial charge on any atom is -0.462 e. The maximum Gasteiger partial charge on any atom is 0.310 e. The van der Waals surface area contributed by atoms with Crippen molar-refractivity contribution in [1.82, 2.24) is 0 Å². The number of hydrogen-bond acceptors (Lipinski definition) is 6. The Hall–Kier alpha value is -3.15. The first kappa shape index (κ1) is 75.8. The zero-order chi connectivity index (χ0) is 57.1. The molecule has 0 amide bonds. The molecule has 458 valence electrons. The normalized spacial score (nSPS) is 12.5. The number of rotatable bonds is 63. The molecule has 0 spiro atoms. The van der Waals surface area contributed by atoms with E-state index in [9.17, 15) is 14.4 Å². The second kappa shape index (κ2) is 67.4. The van der Waals surface area contributed by atoms with Crippen LogP contribution < -0.4 is 0 Å². The Morgan fingerprint density at radius 3 is 0.823 bits per heavy atom. The summed E-state index contributed by atoms with van der Waals surface area (Å²) in [6.07, 6.45) is 88.3. The van der Waals surface area contributed by atoms with Gasteiger partial charge in [-0.05, 0) is 70.6 Å². The number of hydrogen-bond donors (Lipinski definition) is 0. The van der Waals surface area contributed by atoms with Gasteiger partial charge in [0.1, 0.15) is 13.2 Å². The van der Waals surface area contributed by atoms with Gasteiger partial charge in [0.15, 0.2) is 6.10 Å². The maximum absolute atomic E-state index is 12.8. The molecule has 0 aliphatic heterocycles. The second-order valence-electron chi connectivity index (χ2n) is 23.1. The summed E-state index contributed by atoms with van der Waals surface area (Å²) >= 11 is 0. The Balaban J connectivity index is 4.21. The smallest absolute Gasteiger partial charge is 0.310 e. The highest BCUT2D eigenvalue weighted by Gasteiger charge is 2.19. The average Bonchev–Trinajstić information content (AvgIpc) is 3.45.